The van der Waals surface area contributed by atoms with Crippen molar-refractivity contribution >= 4 is 33.3 Å². The van der Waals surface area contributed by atoms with Crippen molar-refractivity contribution < 1.29 is 9.53 Å². The van der Waals surface area contributed by atoms with Gasteiger partial charge in [0.2, 0.25) is 0 Å². The van der Waals surface area contributed by atoms with Gasteiger partial charge in [0.05, 0.1) is 12.3 Å². The van der Waals surface area contributed by atoms with Crippen LogP contribution in [-0.4, -0.2) is 47.6 Å². The number of nitrogens with zero attached hydrogens (tertiary/aromatic N) is 3. The molecule has 6 nitrogen and oxygen atoms in total. The van der Waals surface area contributed by atoms with Gasteiger partial charge in [0, 0.05) is 32.6 Å². The zero-order chi connectivity index (χ0) is 14.8. The minimum absolute atomic E-state index is 0.104. The number of amides is 1. The Bertz CT molecular complexity index is 653. The van der Waals surface area contributed by atoms with E-state index >= 15 is 0 Å². The predicted molar refractivity (Wildman–Crippen MR) is 82.3 cm³/mol. The number of fused-ring (bicyclic) bond motifs is 1. The molecular formula is C14H18N4O2S. The first-order valence-corrected chi connectivity index (χ1v) is 7.80. The Morgan fingerprint density at radius 3 is 2.95 bits per heavy atom. The van der Waals surface area contributed by atoms with Crippen molar-refractivity contribution in [3.8, 4) is 0 Å². The fourth-order valence-corrected chi connectivity index (χ4v) is 3.03. The molecule has 2 N–H and O–H groups in total. The normalized spacial score (nSPS) is 14.5. The Morgan fingerprint density at radius 2 is 2.24 bits per heavy atom. The van der Waals surface area contributed by atoms with E-state index in [1.807, 2.05) is 0 Å². The molecule has 0 saturated heterocycles. The zero-order valence-corrected chi connectivity index (χ0v) is 12.7. The summed E-state index contributed by atoms with van der Waals surface area (Å²) in [5, 5.41) is 0. The summed E-state index contributed by atoms with van der Waals surface area (Å²) in [5.41, 5.74) is 7.03. The Labute approximate surface area is 126 Å². The van der Waals surface area contributed by atoms with Crippen LogP contribution < -0.4 is 5.73 Å². The van der Waals surface area contributed by atoms with Crippen LogP contribution in [-0.2, 0) is 4.74 Å². The molecule has 0 spiro atoms. The maximum absolute atomic E-state index is 12.4. The Morgan fingerprint density at radius 1 is 1.48 bits per heavy atom. The van der Waals surface area contributed by atoms with Crippen LogP contribution in [0, 0.1) is 5.92 Å². The van der Waals surface area contributed by atoms with Crippen LogP contribution in [0.1, 0.15) is 22.5 Å². The molecule has 7 heteroatoms. The van der Waals surface area contributed by atoms with Gasteiger partial charge in [-0.1, -0.05) is 0 Å². The van der Waals surface area contributed by atoms with Crippen LogP contribution in [0.15, 0.2) is 12.4 Å². The van der Waals surface area contributed by atoms with Crippen molar-refractivity contribution in [3.63, 3.8) is 0 Å². The van der Waals surface area contributed by atoms with Gasteiger partial charge in [0.1, 0.15) is 15.2 Å². The first-order chi connectivity index (χ1) is 10.2. The number of anilines is 1. The lowest BCUT2D eigenvalue weighted by atomic mass is 10.3. The molecule has 1 aliphatic carbocycles. The first-order valence-electron chi connectivity index (χ1n) is 6.99. The molecule has 21 heavy (non-hydrogen) atoms. The molecule has 1 fully saturated rings. The molecule has 0 bridgehead atoms. The summed E-state index contributed by atoms with van der Waals surface area (Å²) in [6.07, 6.45) is 5.72. The van der Waals surface area contributed by atoms with Gasteiger partial charge < -0.3 is 15.4 Å². The summed E-state index contributed by atoms with van der Waals surface area (Å²) < 4.78 is 5.56. The van der Waals surface area contributed by atoms with E-state index in [1.54, 1.807) is 24.3 Å². The number of aromatic nitrogens is 2. The van der Waals surface area contributed by atoms with E-state index in [0.29, 0.717) is 34.1 Å². The van der Waals surface area contributed by atoms with E-state index in [4.69, 9.17) is 10.5 Å². The van der Waals surface area contributed by atoms with E-state index in [9.17, 15) is 4.79 Å². The average Bonchev–Trinajstić information content (AvgIpc) is 3.26. The summed E-state index contributed by atoms with van der Waals surface area (Å²) in [6, 6.07) is 0. The number of carbonyl (C=O) groups excluding carboxylic acids is 1. The number of likely N-dealkylation sites (N-methyl/N-ethyl adjacent to an activating group) is 1. The molecule has 0 unspecified atom stereocenters. The number of nitrogen functional groups attached to an aromatic ring is 1. The molecule has 0 radical (unpaired) electrons. The van der Waals surface area contributed by atoms with Gasteiger partial charge in [0.15, 0.2) is 0 Å². The van der Waals surface area contributed by atoms with Gasteiger partial charge >= 0.3 is 0 Å². The van der Waals surface area contributed by atoms with Crippen molar-refractivity contribution in [3.05, 3.63) is 17.3 Å². The number of nitrogens with two attached hydrogens (primary N) is 1. The molecule has 3 rings (SSSR count). The smallest absolute Gasteiger partial charge is 0.266 e. The van der Waals surface area contributed by atoms with Gasteiger partial charge in [-0.25, -0.2) is 9.97 Å². The number of hydrogen-bond donors (Lipinski definition) is 1. The van der Waals surface area contributed by atoms with Gasteiger partial charge in [-0.05, 0) is 18.8 Å². The lowest BCUT2D eigenvalue weighted by molar-refractivity contribution is 0.0686. The lowest BCUT2D eigenvalue weighted by Gasteiger charge is -2.16. The van der Waals surface area contributed by atoms with E-state index < -0.39 is 0 Å². The summed E-state index contributed by atoms with van der Waals surface area (Å²) in [5.74, 6) is 0.633. The molecule has 0 aliphatic heterocycles. The fourth-order valence-electron chi connectivity index (χ4n) is 2.01. The molecule has 1 amide bonds. The molecular weight excluding hydrogens is 288 g/mol. The monoisotopic (exact) mass is 306 g/mol. The van der Waals surface area contributed by atoms with Crippen LogP contribution >= 0.6 is 11.3 Å². The third-order valence-corrected chi connectivity index (χ3v) is 4.62. The van der Waals surface area contributed by atoms with Gasteiger partial charge in [-0.15, -0.1) is 11.3 Å². The van der Waals surface area contributed by atoms with Crippen LogP contribution in [0.2, 0.25) is 0 Å². The number of thiophene rings is 1. The largest absolute Gasteiger partial charge is 0.396 e. The maximum atomic E-state index is 12.4. The quantitative estimate of drug-likeness (QED) is 0.823. The Hall–Kier alpha value is -1.73. The molecule has 0 aromatic carbocycles. The standard InChI is InChI=1S/C14H18N4O2S/c1-18(6-7-20-8-9-2-3-9)14(19)12-10(15)11-13(21-12)17-5-4-16-11/h4-5,9H,2-3,6-8,15H2,1H3. The van der Waals surface area contributed by atoms with Gasteiger partial charge in [0.25, 0.3) is 5.91 Å². The molecule has 2 aromatic heterocycles. The molecule has 1 saturated carbocycles. The summed E-state index contributed by atoms with van der Waals surface area (Å²) >= 11 is 1.28. The van der Waals surface area contributed by atoms with E-state index in [-0.39, 0.29) is 5.91 Å². The highest BCUT2D eigenvalue weighted by atomic mass is 32.1. The van der Waals surface area contributed by atoms with Crippen molar-refractivity contribution in [1.82, 2.24) is 14.9 Å². The average molecular weight is 306 g/mol. The fraction of sp³-hybridized carbons (Fsp3) is 0.500. The summed E-state index contributed by atoms with van der Waals surface area (Å²) in [4.78, 5) is 23.6. The second-order valence-electron chi connectivity index (χ2n) is 5.30. The topological polar surface area (TPSA) is 81.3 Å². The molecule has 112 valence electrons. The highest BCUT2D eigenvalue weighted by Gasteiger charge is 2.22. The molecule has 2 heterocycles. The lowest BCUT2D eigenvalue weighted by Crippen LogP contribution is -2.30. The van der Waals surface area contributed by atoms with E-state index in [0.717, 1.165) is 12.5 Å². The van der Waals surface area contributed by atoms with Crippen LogP contribution in [0.25, 0.3) is 10.3 Å². The zero-order valence-electron chi connectivity index (χ0n) is 11.9. The number of rotatable bonds is 6. The third kappa shape index (κ3) is 3.14. The van der Waals surface area contributed by atoms with Gasteiger partial charge in [-0.3, -0.25) is 4.79 Å². The third-order valence-electron chi connectivity index (χ3n) is 3.53. The first kappa shape index (κ1) is 14.2. The SMILES string of the molecule is CN(CCOCC1CC1)C(=O)c1sc2nccnc2c1N. The highest BCUT2D eigenvalue weighted by molar-refractivity contribution is 7.21. The van der Waals surface area contributed by atoms with Crippen molar-refractivity contribution in [2.75, 3.05) is 32.5 Å². The summed E-state index contributed by atoms with van der Waals surface area (Å²) in [6.45, 7) is 1.92. The van der Waals surface area contributed by atoms with E-state index in [2.05, 4.69) is 9.97 Å². The minimum Gasteiger partial charge on any atom is -0.396 e. The number of ether oxygens (including phenoxy) is 1. The van der Waals surface area contributed by atoms with Crippen molar-refractivity contribution in [1.29, 1.82) is 0 Å². The Kier molecular flexibility index (Phi) is 4.03. The summed E-state index contributed by atoms with van der Waals surface area (Å²) in [7, 11) is 1.76. The van der Waals surface area contributed by atoms with Crippen LogP contribution in [0.4, 0.5) is 5.69 Å². The van der Waals surface area contributed by atoms with Crippen molar-refractivity contribution in [2.45, 2.75) is 12.8 Å². The van der Waals surface area contributed by atoms with Gasteiger partial charge in [-0.2, -0.15) is 0 Å². The highest BCUT2D eigenvalue weighted by Crippen LogP contribution is 2.31. The van der Waals surface area contributed by atoms with Crippen LogP contribution in [0.3, 0.4) is 0 Å². The van der Waals surface area contributed by atoms with E-state index in [1.165, 1.54) is 24.2 Å². The second kappa shape index (κ2) is 5.95. The minimum atomic E-state index is -0.104. The number of carbonyl (C=O) groups is 1. The predicted octanol–water partition coefficient (Wildman–Crippen LogP) is 1.77. The Balaban J connectivity index is 1.63. The molecule has 2 aromatic rings. The second-order valence-corrected chi connectivity index (χ2v) is 6.30. The van der Waals surface area contributed by atoms with Crippen molar-refractivity contribution in [2.24, 2.45) is 5.92 Å². The maximum Gasteiger partial charge on any atom is 0.266 e. The molecule has 1 aliphatic rings. The molecule has 0 atom stereocenters. The van der Waals surface area contributed by atoms with Crippen LogP contribution in [0.5, 0.6) is 0 Å². The number of hydrogen-bond acceptors (Lipinski definition) is 6.